The summed E-state index contributed by atoms with van der Waals surface area (Å²) >= 11 is 0. The Balaban J connectivity index is 1.44. The molecule has 2 aromatic rings. The molecule has 3 heterocycles. The molecule has 0 radical (unpaired) electrons. The number of benzene rings is 1. The van der Waals surface area contributed by atoms with Gasteiger partial charge < -0.3 is 20.4 Å². The SMILES string of the molecule is CCN(CC)c1ccc(Nc2ccnc(N3CCC4(CCNC4)CC3)n2)c(C)c1. The number of aryl methyl sites for hydroxylation is 1. The van der Waals surface area contributed by atoms with Crippen molar-refractivity contribution in [3.8, 4) is 0 Å². The third-order valence-corrected chi connectivity index (χ3v) is 6.68. The molecule has 4 rings (SSSR count). The van der Waals surface area contributed by atoms with Crippen LogP contribution in [0.3, 0.4) is 0 Å². The van der Waals surface area contributed by atoms with E-state index in [0.29, 0.717) is 5.41 Å². The molecule has 0 amide bonds. The highest BCUT2D eigenvalue weighted by molar-refractivity contribution is 5.65. The molecular weight excluding hydrogens is 360 g/mol. The molecule has 0 unspecified atom stereocenters. The summed E-state index contributed by atoms with van der Waals surface area (Å²) in [5, 5.41) is 7.03. The molecule has 0 aliphatic carbocycles. The zero-order chi connectivity index (χ0) is 20.3. The number of anilines is 4. The van der Waals surface area contributed by atoms with Gasteiger partial charge >= 0.3 is 0 Å². The molecule has 6 nitrogen and oxygen atoms in total. The van der Waals surface area contributed by atoms with Crippen molar-refractivity contribution in [2.24, 2.45) is 5.41 Å². The number of nitrogens with zero attached hydrogens (tertiary/aromatic N) is 4. The smallest absolute Gasteiger partial charge is 0.227 e. The van der Waals surface area contributed by atoms with Crippen molar-refractivity contribution in [1.82, 2.24) is 15.3 Å². The first-order chi connectivity index (χ1) is 14.1. The van der Waals surface area contributed by atoms with E-state index in [-0.39, 0.29) is 0 Å². The van der Waals surface area contributed by atoms with Crippen molar-refractivity contribution in [2.45, 2.75) is 40.0 Å². The number of nitrogens with one attached hydrogen (secondary N) is 2. The van der Waals surface area contributed by atoms with E-state index in [2.05, 4.69) is 64.4 Å². The summed E-state index contributed by atoms with van der Waals surface area (Å²) in [6.07, 6.45) is 5.64. The van der Waals surface area contributed by atoms with Crippen LogP contribution in [0.15, 0.2) is 30.5 Å². The summed E-state index contributed by atoms with van der Waals surface area (Å²) in [6, 6.07) is 8.54. The van der Waals surface area contributed by atoms with Gasteiger partial charge in [0.1, 0.15) is 5.82 Å². The fourth-order valence-electron chi connectivity index (χ4n) is 4.69. The van der Waals surface area contributed by atoms with Crippen molar-refractivity contribution in [3.63, 3.8) is 0 Å². The van der Waals surface area contributed by atoms with Crippen LogP contribution in [-0.4, -0.2) is 49.2 Å². The second-order valence-corrected chi connectivity index (χ2v) is 8.45. The first-order valence-electron chi connectivity index (χ1n) is 11.0. The first-order valence-corrected chi connectivity index (χ1v) is 11.0. The number of aromatic nitrogens is 2. The molecular formula is C23H34N6. The maximum atomic E-state index is 4.82. The summed E-state index contributed by atoms with van der Waals surface area (Å²) in [5.41, 5.74) is 4.10. The lowest BCUT2D eigenvalue weighted by molar-refractivity contribution is 0.246. The third-order valence-electron chi connectivity index (χ3n) is 6.68. The minimum absolute atomic E-state index is 0.510. The molecule has 1 aromatic carbocycles. The monoisotopic (exact) mass is 394 g/mol. The maximum Gasteiger partial charge on any atom is 0.227 e. The average Bonchev–Trinajstić information content (AvgIpc) is 3.19. The Hall–Kier alpha value is -2.34. The van der Waals surface area contributed by atoms with E-state index in [9.17, 15) is 0 Å². The molecule has 29 heavy (non-hydrogen) atoms. The van der Waals surface area contributed by atoms with Crippen LogP contribution in [0.25, 0.3) is 0 Å². The Bertz CT molecular complexity index is 816. The van der Waals surface area contributed by atoms with Gasteiger partial charge in [0.25, 0.3) is 0 Å². The van der Waals surface area contributed by atoms with E-state index >= 15 is 0 Å². The van der Waals surface area contributed by atoms with Crippen molar-refractivity contribution >= 4 is 23.1 Å². The van der Waals surface area contributed by atoms with Gasteiger partial charge in [0, 0.05) is 50.3 Å². The fraction of sp³-hybridized carbons (Fsp3) is 0.565. The standard InChI is InChI=1S/C23H34N6/c1-4-28(5-2)19-6-7-20(18(3)16-19)26-21-8-12-25-22(27-21)29-14-10-23(11-15-29)9-13-24-17-23/h6-8,12,16,24H,4-5,9-11,13-15,17H2,1-3H3,(H,25,26,27). The molecule has 2 aliphatic heterocycles. The van der Waals surface area contributed by atoms with Gasteiger partial charge in [-0.2, -0.15) is 4.98 Å². The molecule has 2 fully saturated rings. The number of piperidine rings is 1. The fourth-order valence-corrected chi connectivity index (χ4v) is 4.69. The van der Waals surface area contributed by atoms with Crippen LogP contribution in [0.1, 0.15) is 38.7 Å². The van der Waals surface area contributed by atoms with Gasteiger partial charge in [0.2, 0.25) is 5.95 Å². The van der Waals surface area contributed by atoms with Crippen molar-refractivity contribution in [2.75, 3.05) is 54.4 Å². The Kier molecular flexibility index (Phi) is 5.90. The highest BCUT2D eigenvalue weighted by Gasteiger charge is 2.37. The van der Waals surface area contributed by atoms with Crippen LogP contribution in [-0.2, 0) is 0 Å². The van der Waals surface area contributed by atoms with Crippen molar-refractivity contribution in [1.29, 1.82) is 0 Å². The molecule has 1 spiro atoms. The zero-order valence-electron chi connectivity index (χ0n) is 18.0. The molecule has 1 aromatic heterocycles. The van der Waals surface area contributed by atoms with Crippen LogP contribution in [0.2, 0.25) is 0 Å². The topological polar surface area (TPSA) is 56.3 Å². The van der Waals surface area contributed by atoms with Gasteiger partial charge in [0.05, 0.1) is 0 Å². The van der Waals surface area contributed by atoms with Gasteiger partial charge in [-0.15, -0.1) is 0 Å². The van der Waals surface area contributed by atoms with E-state index < -0.39 is 0 Å². The molecule has 6 heteroatoms. The van der Waals surface area contributed by atoms with E-state index in [4.69, 9.17) is 4.98 Å². The van der Waals surface area contributed by atoms with Gasteiger partial charge in [-0.05, 0) is 81.8 Å². The summed E-state index contributed by atoms with van der Waals surface area (Å²) in [5.74, 6) is 1.70. The zero-order valence-corrected chi connectivity index (χ0v) is 18.0. The Morgan fingerprint density at radius 3 is 2.59 bits per heavy atom. The largest absolute Gasteiger partial charge is 0.372 e. The van der Waals surface area contributed by atoms with Gasteiger partial charge in [-0.25, -0.2) is 4.98 Å². The first kappa shape index (κ1) is 20.0. The molecule has 2 saturated heterocycles. The lowest BCUT2D eigenvalue weighted by atomic mass is 9.78. The Morgan fingerprint density at radius 1 is 1.14 bits per heavy atom. The van der Waals surface area contributed by atoms with Gasteiger partial charge in [-0.3, -0.25) is 0 Å². The van der Waals surface area contributed by atoms with Crippen molar-refractivity contribution < 1.29 is 0 Å². The second kappa shape index (κ2) is 8.57. The normalized spacial score (nSPS) is 18.2. The maximum absolute atomic E-state index is 4.82. The Morgan fingerprint density at radius 2 is 1.93 bits per heavy atom. The summed E-state index contributed by atoms with van der Waals surface area (Å²) in [6.45, 7) is 13.0. The van der Waals surface area contributed by atoms with Gasteiger partial charge in [-0.1, -0.05) is 0 Å². The van der Waals surface area contributed by atoms with E-state index in [1.165, 1.54) is 43.6 Å². The van der Waals surface area contributed by atoms with E-state index in [0.717, 1.165) is 43.6 Å². The third kappa shape index (κ3) is 4.32. The van der Waals surface area contributed by atoms with Crippen LogP contribution in [0.4, 0.5) is 23.1 Å². The number of rotatable bonds is 6. The highest BCUT2D eigenvalue weighted by atomic mass is 15.3. The summed E-state index contributed by atoms with van der Waals surface area (Å²) in [4.78, 5) is 14.1. The summed E-state index contributed by atoms with van der Waals surface area (Å²) in [7, 11) is 0. The molecule has 0 atom stereocenters. The van der Waals surface area contributed by atoms with E-state index in [1.54, 1.807) is 0 Å². The van der Waals surface area contributed by atoms with Crippen LogP contribution >= 0.6 is 0 Å². The minimum Gasteiger partial charge on any atom is -0.372 e. The molecule has 0 bridgehead atoms. The van der Waals surface area contributed by atoms with Crippen LogP contribution in [0.5, 0.6) is 0 Å². The average molecular weight is 395 g/mol. The lowest BCUT2D eigenvalue weighted by Gasteiger charge is -2.38. The van der Waals surface area contributed by atoms with Crippen molar-refractivity contribution in [3.05, 3.63) is 36.0 Å². The quantitative estimate of drug-likeness (QED) is 0.774. The number of hydrogen-bond donors (Lipinski definition) is 2. The van der Waals surface area contributed by atoms with Crippen LogP contribution in [0, 0.1) is 12.3 Å². The molecule has 156 valence electrons. The second-order valence-electron chi connectivity index (χ2n) is 8.45. The predicted octanol–water partition coefficient (Wildman–Crippen LogP) is 3.95. The lowest BCUT2D eigenvalue weighted by Crippen LogP contribution is -2.41. The number of hydrogen-bond acceptors (Lipinski definition) is 6. The molecule has 2 N–H and O–H groups in total. The van der Waals surface area contributed by atoms with E-state index in [1.807, 2.05) is 12.3 Å². The predicted molar refractivity (Wildman–Crippen MR) is 121 cm³/mol. The minimum atomic E-state index is 0.510. The molecule has 0 saturated carbocycles. The van der Waals surface area contributed by atoms with Gasteiger partial charge in [0.15, 0.2) is 0 Å². The van der Waals surface area contributed by atoms with Crippen LogP contribution < -0.4 is 20.4 Å². The highest BCUT2D eigenvalue weighted by Crippen LogP contribution is 2.37. The Labute approximate surface area is 174 Å². The molecule has 2 aliphatic rings. The summed E-state index contributed by atoms with van der Waals surface area (Å²) < 4.78 is 0.